The van der Waals surface area contributed by atoms with Crippen LogP contribution >= 0.6 is 0 Å². The van der Waals surface area contributed by atoms with Gasteiger partial charge in [0.15, 0.2) is 0 Å². The highest BCUT2D eigenvalue weighted by atomic mass is 16.2. The standard InChI is InChI=1S/C21H39N3O2/c1-16(2)15-18-6-11-24(12-7-18)20(25)5-10-22-21(26)19-8-13-23(14-9-19)17(3)4/h16-19H,5-15H2,1-4H3,(H,22,26). The molecule has 0 atom stereocenters. The van der Waals surface area contributed by atoms with Gasteiger partial charge in [0.2, 0.25) is 11.8 Å². The molecule has 0 spiro atoms. The van der Waals surface area contributed by atoms with Gasteiger partial charge in [-0.3, -0.25) is 9.59 Å². The van der Waals surface area contributed by atoms with E-state index in [0.717, 1.165) is 63.7 Å². The van der Waals surface area contributed by atoms with Crippen LogP contribution in [0.15, 0.2) is 0 Å². The SMILES string of the molecule is CC(C)CC1CCN(C(=O)CCNC(=O)C2CCN(C(C)C)CC2)CC1. The second kappa shape index (κ2) is 10.3. The first-order valence-corrected chi connectivity index (χ1v) is 10.7. The van der Waals surface area contributed by atoms with Gasteiger partial charge in [0, 0.05) is 38.0 Å². The monoisotopic (exact) mass is 365 g/mol. The van der Waals surface area contributed by atoms with Gasteiger partial charge in [0.1, 0.15) is 0 Å². The number of piperidine rings is 2. The summed E-state index contributed by atoms with van der Waals surface area (Å²) in [4.78, 5) is 29.1. The molecule has 150 valence electrons. The van der Waals surface area contributed by atoms with Gasteiger partial charge >= 0.3 is 0 Å². The lowest BCUT2D eigenvalue weighted by Crippen LogP contribution is -2.44. The summed E-state index contributed by atoms with van der Waals surface area (Å²) in [5.74, 6) is 1.96. The van der Waals surface area contributed by atoms with Crippen LogP contribution in [0.1, 0.15) is 66.2 Å². The Labute approximate surface area is 159 Å². The van der Waals surface area contributed by atoms with Crippen molar-refractivity contribution in [2.45, 2.75) is 72.3 Å². The Morgan fingerprint density at radius 3 is 2.12 bits per heavy atom. The smallest absolute Gasteiger partial charge is 0.224 e. The van der Waals surface area contributed by atoms with Gasteiger partial charge in [-0.25, -0.2) is 0 Å². The number of likely N-dealkylation sites (tertiary alicyclic amines) is 2. The zero-order chi connectivity index (χ0) is 19.1. The molecule has 2 aliphatic rings. The first-order chi connectivity index (χ1) is 12.4. The van der Waals surface area contributed by atoms with Gasteiger partial charge < -0.3 is 15.1 Å². The number of nitrogens with one attached hydrogen (secondary N) is 1. The second-order valence-corrected chi connectivity index (χ2v) is 8.90. The number of carbonyl (C=O) groups is 2. The first kappa shape index (κ1) is 21.2. The minimum absolute atomic E-state index is 0.117. The van der Waals surface area contributed by atoms with E-state index in [9.17, 15) is 9.59 Å². The van der Waals surface area contributed by atoms with E-state index < -0.39 is 0 Å². The lowest BCUT2D eigenvalue weighted by Gasteiger charge is -2.34. The fourth-order valence-electron chi connectivity index (χ4n) is 4.36. The number of hydrogen-bond acceptors (Lipinski definition) is 3. The van der Waals surface area contributed by atoms with Gasteiger partial charge in [0.25, 0.3) is 0 Å². The van der Waals surface area contributed by atoms with E-state index >= 15 is 0 Å². The van der Waals surface area contributed by atoms with Crippen LogP contribution in [0.5, 0.6) is 0 Å². The number of hydrogen-bond donors (Lipinski definition) is 1. The third-order valence-corrected chi connectivity index (χ3v) is 6.04. The first-order valence-electron chi connectivity index (χ1n) is 10.7. The Hall–Kier alpha value is -1.10. The lowest BCUT2D eigenvalue weighted by atomic mass is 9.88. The third-order valence-electron chi connectivity index (χ3n) is 6.04. The fourth-order valence-corrected chi connectivity index (χ4v) is 4.36. The molecule has 2 saturated heterocycles. The highest BCUT2D eigenvalue weighted by Gasteiger charge is 2.26. The second-order valence-electron chi connectivity index (χ2n) is 8.90. The van der Waals surface area contributed by atoms with E-state index in [0.29, 0.717) is 19.0 Å². The summed E-state index contributed by atoms with van der Waals surface area (Å²) < 4.78 is 0. The van der Waals surface area contributed by atoms with E-state index in [1.165, 1.54) is 6.42 Å². The van der Waals surface area contributed by atoms with Crippen LogP contribution in [0.4, 0.5) is 0 Å². The molecule has 0 aromatic rings. The maximum atomic E-state index is 12.4. The molecule has 2 rings (SSSR count). The molecule has 1 N–H and O–H groups in total. The van der Waals surface area contributed by atoms with E-state index in [1.54, 1.807) is 0 Å². The zero-order valence-electron chi connectivity index (χ0n) is 17.3. The van der Waals surface area contributed by atoms with Crippen molar-refractivity contribution in [3.63, 3.8) is 0 Å². The lowest BCUT2D eigenvalue weighted by molar-refractivity contribution is -0.132. The van der Waals surface area contributed by atoms with Gasteiger partial charge in [-0.2, -0.15) is 0 Å². The highest BCUT2D eigenvalue weighted by Crippen LogP contribution is 2.24. The van der Waals surface area contributed by atoms with Crippen molar-refractivity contribution in [1.82, 2.24) is 15.1 Å². The molecule has 2 amide bonds. The molecule has 26 heavy (non-hydrogen) atoms. The Morgan fingerprint density at radius 1 is 0.962 bits per heavy atom. The highest BCUT2D eigenvalue weighted by molar-refractivity contribution is 5.80. The van der Waals surface area contributed by atoms with Crippen molar-refractivity contribution in [3.05, 3.63) is 0 Å². The van der Waals surface area contributed by atoms with Crippen LogP contribution < -0.4 is 5.32 Å². The molecule has 0 unspecified atom stereocenters. The van der Waals surface area contributed by atoms with Crippen LogP contribution in [-0.2, 0) is 9.59 Å². The average Bonchev–Trinajstić information content (AvgIpc) is 2.61. The fraction of sp³-hybridized carbons (Fsp3) is 0.905. The van der Waals surface area contributed by atoms with Crippen molar-refractivity contribution in [3.8, 4) is 0 Å². The normalized spacial score (nSPS) is 20.8. The van der Waals surface area contributed by atoms with E-state index in [1.807, 2.05) is 4.90 Å². The summed E-state index contributed by atoms with van der Waals surface area (Å²) in [6.07, 6.45) is 5.83. The van der Waals surface area contributed by atoms with Crippen molar-refractivity contribution in [2.75, 3.05) is 32.7 Å². The summed E-state index contributed by atoms with van der Waals surface area (Å²) >= 11 is 0. The molecule has 0 radical (unpaired) electrons. The molecule has 2 heterocycles. The number of rotatable bonds is 7. The van der Waals surface area contributed by atoms with Crippen LogP contribution in [0.3, 0.4) is 0 Å². The van der Waals surface area contributed by atoms with Crippen molar-refractivity contribution < 1.29 is 9.59 Å². The molecular formula is C21H39N3O2. The van der Waals surface area contributed by atoms with Crippen LogP contribution in [0.25, 0.3) is 0 Å². The summed E-state index contributed by atoms with van der Waals surface area (Å²) in [5.41, 5.74) is 0. The third kappa shape index (κ3) is 6.57. The number of amides is 2. The largest absolute Gasteiger partial charge is 0.355 e. The molecule has 5 nitrogen and oxygen atoms in total. The summed E-state index contributed by atoms with van der Waals surface area (Å²) in [7, 11) is 0. The molecule has 5 heteroatoms. The Balaban J connectivity index is 1.61. The van der Waals surface area contributed by atoms with Crippen LogP contribution in [0.2, 0.25) is 0 Å². The van der Waals surface area contributed by atoms with Gasteiger partial charge in [-0.15, -0.1) is 0 Å². The maximum Gasteiger partial charge on any atom is 0.224 e. The zero-order valence-corrected chi connectivity index (χ0v) is 17.3. The number of carbonyl (C=O) groups excluding carboxylic acids is 2. The van der Waals surface area contributed by atoms with Crippen LogP contribution in [-0.4, -0.2) is 60.4 Å². The molecule has 0 bridgehead atoms. The average molecular weight is 366 g/mol. The van der Waals surface area contributed by atoms with Gasteiger partial charge in [0.05, 0.1) is 0 Å². The molecule has 2 fully saturated rings. The van der Waals surface area contributed by atoms with E-state index in [2.05, 4.69) is 37.9 Å². The Morgan fingerprint density at radius 2 is 1.58 bits per heavy atom. The van der Waals surface area contributed by atoms with Crippen molar-refractivity contribution in [1.29, 1.82) is 0 Å². The molecule has 0 aromatic carbocycles. The number of nitrogens with zero attached hydrogens (tertiary/aromatic N) is 2. The Bertz CT molecular complexity index is 448. The molecule has 0 aliphatic carbocycles. The molecular weight excluding hydrogens is 326 g/mol. The summed E-state index contributed by atoms with van der Waals surface area (Å²) in [6.45, 7) is 13.2. The van der Waals surface area contributed by atoms with E-state index in [-0.39, 0.29) is 17.7 Å². The van der Waals surface area contributed by atoms with Crippen molar-refractivity contribution >= 4 is 11.8 Å². The summed E-state index contributed by atoms with van der Waals surface area (Å²) in [6, 6.07) is 0.557. The topological polar surface area (TPSA) is 52.7 Å². The van der Waals surface area contributed by atoms with Gasteiger partial charge in [-0.1, -0.05) is 13.8 Å². The summed E-state index contributed by atoms with van der Waals surface area (Å²) in [5, 5.41) is 3.00. The predicted octanol–water partition coefficient (Wildman–Crippen LogP) is 2.90. The van der Waals surface area contributed by atoms with Crippen molar-refractivity contribution in [2.24, 2.45) is 17.8 Å². The Kier molecular flexibility index (Phi) is 8.39. The molecule has 0 saturated carbocycles. The van der Waals surface area contributed by atoms with Gasteiger partial charge in [-0.05, 0) is 70.9 Å². The van der Waals surface area contributed by atoms with E-state index in [4.69, 9.17) is 0 Å². The minimum atomic E-state index is 0.117. The minimum Gasteiger partial charge on any atom is -0.355 e. The molecule has 2 aliphatic heterocycles. The maximum absolute atomic E-state index is 12.4. The quantitative estimate of drug-likeness (QED) is 0.755. The van der Waals surface area contributed by atoms with Crippen LogP contribution in [0, 0.1) is 17.8 Å². The molecule has 0 aromatic heterocycles. The predicted molar refractivity (Wildman–Crippen MR) is 106 cm³/mol.